The van der Waals surface area contributed by atoms with Crippen LogP contribution in [0.5, 0.6) is 5.88 Å². The number of ether oxygens (including phenoxy) is 1. The van der Waals surface area contributed by atoms with Crippen LogP contribution in [0.15, 0.2) is 36.7 Å². The molecule has 1 fully saturated rings. The van der Waals surface area contributed by atoms with Gasteiger partial charge in [0.1, 0.15) is 5.82 Å². The SMILES string of the molecule is COc1ncccc1CN1CCN(c2ccc(C(N)=O)cn2)CC1. The van der Waals surface area contributed by atoms with Gasteiger partial charge in [0.2, 0.25) is 11.8 Å². The van der Waals surface area contributed by atoms with Crippen molar-refractivity contribution < 1.29 is 9.53 Å². The summed E-state index contributed by atoms with van der Waals surface area (Å²) in [7, 11) is 1.64. The van der Waals surface area contributed by atoms with E-state index in [2.05, 4.69) is 19.8 Å². The maximum absolute atomic E-state index is 11.1. The van der Waals surface area contributed by atoms with Gasteiger partial charge in [0.05, 0.1) is 12.7 Å². The van der Waals surface area contributed by atoms with Crippen LogP contribution in [-0.4, -0.2) is 54.1 Å². The van der Waals surface area contributed by atoms with Crippen molar-refractivity contribution in [2.24, 2.45) is 5.73 Å². The number of rotatable bonds is 5. The van der Waals surface area contributed by atoms with Crippen LogP contribution >= 0.6 is 0 Å². The molecule has 0 bridgehead atoms. The van der Waals surface area contributed by atoms with Crippen molar-refractivity contribution >= 4 is 11.7 Å². The van der Waals surface area contributed by atoms with Gasteiger partial charge in [-0.15, -0.1) is 0 Å². The highest BCUT2D eigenvalue weighted by atomic mass is 16.5. The second-order valence-electron chi connectivity index (χ2n) is 5.70. The number of carbonyl (C=O) groups is 1. The fourth-order valence-corrected chi connectivity index (χ4v) is 2.82. The van der Waals surface area contributed by atoms with Gasteiger partial charge in [-0.2, -0.15) is 0 Å². The molecule has 24 heavy (non-hydrogen) atoms. The Morgan fingerprint density at radius 2 is 2.00 bits per heavy atom. The average Bonchev–Trinajstić information content (AvgIpc) is 2.63. The van der Waals surface area contributed by atoms with Crippen molar-refractivity contribution in [1.29, 1.82) is 0 Å². The number of amides is 1. The van der Waals surface area contributed by atoms with Crippen LogP contribution in [0.2, 0.25) is 0 Å². The summed E-state index contributed by atoms with van der Waals surface area (Å²) in [6, 6.07) is 7.54. The van der Waals surface area contributed by atoms with E-state index in [0.717, 1.165) is 44.1 Å². The van der Waals surface area contributed by atoms with Gasteiger partial charge in [-0.25, -0.2) is 9.97 Å². The lowest BCUT2D eigenvalue weighted by Crippen LogP contribution is -2.46. The Morgan fingerprint density at radius 3 is 2.62 bits per heavy atom. The average molecular weight is 327 g/mol. The van der Waals surface area contributed by atoms with E-state index in [1.807, 2.05) is 18.2 Å². The van der Waals surface area contributed by atoms with Crippen molar-refractivity contribution in [2.45, 2.75) is 6.54 Å². The van der Waals surface area contributed by atoms with E-state index in [-0.39, 0.29) is 0 Å². The van der Waals surface area contributed by atoms with Gasteiger partial charge in [-0.3, -0.25) is 9.69 Å². The van der Waals surface area contributed by atoms with Crippen LogP contribution < -0.4 is 15.4 Å². The lowest BCUT2D eigenvalue weighted by atomic mass is 10.2. The number of nitrogens with zero attached hydrogens (tertiary/aromatic N) is 4. The number of methoxy groups -OCH3 is 1. The zero-order valence-electron chi connectivity index (χ0n) is 13.7. The Balaban J connectivity index is 1.58. The van der Waals surface area contributed by atoms with Crippen molar-refractivity contribution in [1.82, 2.24) is 14.9 Å². The van der Waals surface area contributed by atoms with E-state index in [0.29, 0.717) is 11.4 Å². The van der Waals surface area contributed by atoms with E-state index >= 15 is 0 Å². The number of carbonyl (C=O) groups excluding carboxylic acids is 1. The molecule has 1 amide bonds. The van der Waals surface area contributed by atoms with Crippen molar-refractivity contribution in [3.8, 4) is 5.88 Å². The van der Waals surface area contributed by atoms with Crippen LogP contribution in [-0.2, 0) is 6.54 Å². The summed E-state index contributed by atoms with van der Waals surface area (Å²) in [5.74, 6) is 1.10. The first-order valence-electron chi connectivity index (χ1n) is 7.88. The minimum atomic E-state index is -0.454. The van der Waals surface area contributed by atoms with Crippen LogP contribution in [0.25, 0.3) is 0 Å². The van der Waals surface area contributed by atoms with Crippen molar-refractivity contribution in [3.63, 3.8) is 0 Å². The van der Waals surface area contributed by atoms with E-state index < -0.39 is 5.91 Å². The molecule has 0 aliphatic carbocycles. The monoisotopic (exact) mass is 327 g/mol. The molecule has 2 N–H and O–H groups in total. The lowest BCUT2D eigenvalue weighted by molar-refractivity contribution is 0.1000. The summed E-state index contributed by atoms with van der Waals surface area (Å²) in [4.78, 5) is 24.3. The largest absolute Gasteiger partial charge is 0.481 e. The third kappa shape index (κ3) is 3.62. The van der Waals surface area contributed by atoms with Gasteiger partial charge in [0.15, 0.2) is 0 Å². The predicted molar refractivity (Wildman–Crippen MR) is 91.0 cm³/mol. The standard InChI is InChI=1S/C17H21N5O2/c1-24-17-14(3-2-6-19-17)12-21-7-9-22(10-8-21)15-5-4-13(11-20-15)16(18)23/h2-6,11H,7-10,12H2,1H3,(H2,18,23). The zero-order chi connectivity index (χ0) is 16.9. The molecule has 1 saturated heterocycles. The summed E-state index contributed by atoms with van der Waals surface area (Å²) in [5.41, 5.74) is 6.77. The second kappa shape index (κ2) is 7.27. The fraction of sp³-hybridized carbons (Fsp3) is 0.353. The first-order chi connectivity index (χ1) is 11.7. The molecule has 126 valence electrons. The minimum Gasteiger partial charge on any atom is -0.481 e. The molecule has 2 aromatic rings. The fourth-order valence-electron chi connectivity index (χ4n) is 2.82. The molecule has 0 saturated carbocycles. The summed E-state index contributed by atoms with van der Waals surface area (Å²) in [6.45, 7) is 4.44. The maximum atomic E-state index is 11.1. The molecule has 3 rings (SSSR count). The van der Waals surface area contributed by atoms with Gasteiger partial charge in [0.25, 0.3) is 0 Å². The van der Waals surface area contributed by atoms with E-state index in [1.165, 1.54) is 6.20 Å². The van der Waals surface area contributed by atoms with Gasteiger partial charge >= 0.3 is 0 Å². The molecule has 7 nitrogen and oxygen atoms in total. The summed E-state index contributed by atoms with van der Waals surface area (Å²) in [6.07, 6.45) is 3.27. The minimum absolute atomic E-state index is 0.432. The van der Waals surface area contributed by atoms with Crippen LogP contribution in [0, 0.1) is 0 Å². The van der Waals surface area contributed by atoms with Crippen LogP contribution in [0.4, 0.5) is 5.82 Å². The molecular weight excluding hydrogens is 306 g/mol. The van der Waals surface area contributed by atoms with E-state index in [9.17, 15) is 4.79 Å². The molecule has 1 aliphatic rings. The van der Waals surface area contributed by atoms with Crippen molar-refractivity contribution in [2.75, 3.05) is 38.2 Å². The number of aromatic nitrogens is 2. The summed E-state index contributed by atoms with van der Waals surface area (Å²) >= 11 is 0. The Morgan fingerprint density at radius 1 is 1.21 bits per heavy atom. The van der Waals surface area contributed by atoms with Crippen LogP contribution in [0.3, 0.4) is 0 Å². The number of hydrogen-bond donors (Lipinski definition) is 1. The highest BCUT2D eigenvalue weighted by Crippen LogP contribution is 2.19. The van der Waals surface area contributed by atoms with Gasteiger partial charge in [-0.1, -0.05) is 6.07 Å². The number of anilines is 1. The third-order valence-corrected chi connectivity index (χ3v) is 4.17. The number of hydrogen-bond acceptors (Lipinski definition) is 6. The van der Waals surface area contributed by atoms with Gasteiger partial charge in [-0.05, 0) is 18.2 Å². The Hall–Kier alpha value is -2.67. The first kappa shape index (κ1) is 16.2. The Labute approximate surface area is 141 Å². The third-order valence-electron chi connectivity index (χ3n) is 4.17. The van der Waals surface area contributed by atoms with E-state index in [1.54, 1.807) is 19.4 Å². The number of pyridine rings is 2. The molecule has 0 spiro atoms. The maximum Gasteiger partial charge on any atom is 0.250 e. The highest BCUT2D eigenvalue weighted by Gasteiger charge is 2.19. The quantitative estimate of drug-likeness (QED) is 0.878. The zero-order valence-corrected chi connectivity index (χ0v) is 13.7. The number of piperazine rings is 1. The smallest absolute Gasteiger partial charge is 0.250 e. The summed E-state index contributed by atoms with van der Waals surface area (Å²) < 4.78 is 5.31. The molecule has 3 heterocycles. The molecule has 7 heteroatoms. The first-order valence-corrected chi connectivity index (χ1v) is 7.88. The Bertz CT molecular complexity index is 696. The number of primary amides is 1. The molecule has 0 atom stereocenters. The molecule has 0 aromatic carbocycles. The van der Waals surface area contributed by atoms with Gasteiger partial charge < -0.3 is 15.4 Å². The molecular formula is C17H21N5O2. The highest BCUT2D eigenvalue weighted by molar-refractivity contribution is 5.92. The second-order valence-corrected chi connectivity index (χ2v) is 5.70. The summed E-state index contributed by atoms with van der Waals surface area (Å²) in [5, 5.41) is 0. The van der Waals surface area contributed by atoms with E-state index in [4.69, 9.17) is 10.5 Å². The normalized spacial score (nSPS) is 15.3. The van der Waals surface area contributed by atoms with Crippen LogP contribution in [0.1, 0.15) is 15.9 Å². The van der Waals surface area contributed by atoms with Gasteiger partial charge in [0, 0.05) is 50.7 Å². The molecule has 0 unspecified atom stereocenters. The Kier molecular flexibility index (Phi) is 4.90. The molecule has 1 aliphatic heterocycles. The molecule has 2 aromatic heterocycles. The topological polar surface area (TPSA) is 84.6 Å². The molecule has 0 radical (unpaired) electrons. The lowest BCUT2D eigenvalue weighted by Gasteiger charge is -2.35. The predicted octanol–water partition coefficient (Wildman–Crippen LogP) is 0.906. The number of nitrogens with two attached hydrogens (primary N) is 1. The van der Waals surface area contributed by atoms with Crippen molar-refractivity contribution in [3.05, 3.63) is 47.8 Å².